The van der Waals surface area contributed by atoms with E-state index in [0.717, 1.165) is 11.4 Å². The van der Waals surface area contributed by atoms with Gasteiger partial charge in [-0.3, -0.25) is 4.99 Å². The number of hydrogen-bond acceptors (Lipinski definition) is 2. The Morgan fingerprint density at radius 2 is 2.14 bits per heavy atom. The van der Waals surface area contributed by atoms with Crippen LogP contribution in [0.5, 0.6) is 0 Å². The zero-order chi connectivity index (χ0) is 10.6. The van der Waals surface area contributed by atoms with Gasteiger partial charge in [0.15, 0.2) is 5.96 Å². The minimum absolute atomic E-state index is 0.418. The average molecular weight is 192 g/mol. The molecule has 0 aliphatic rings. The summed E-state index contributed by atoms with van der Waals surface area (Å²) in [4.78, 5) is 5.86. The monoisotopic (exact) mass is 192 g/mol. The standard InChI is InChI=1S/C10H16N4/c1-12-10(11)13-8-5-4-6-9(7-8)14(2)3/h4-7H,1-3H3,(H3,11,12,13). The van der Waals surface area contributed by atoms with Gasteiger partial charge in [-0.2, -0.15) is 0 Å². The van der Waals surface area contributed by atoms with E-state index in [-0.39, 0.29) is 0 Å². The van der Waals surface area contributed by atoms with Crippen LogP contribution in [0.4, 0.5) is 11.4 Å². The predicted octanol–water partition coefficient (Wildman–Crippen LogP) is 1.11. The zero-order valence-electron chi connectivity index (χ0n) is 8.78. The molecule has 0 aliphatic carbocycles. The van der Waals surface area contributed by atoms with Crippen molar-refractivity contribution in [3.8, 4) is 0 Å². The minimum Gasteiger partial charge on any atom is -0.378 e. The van der Waals surface area contributed by atoms with E-state index in [0.29, 0.717) is 5.96 Å². The van der Waals surface area contributed by atoms with Crippen LogP contribution in [0.3, 0.4) is 0 Å². The van der Waals surface area contributed by atoms with E-state index in [1.807, 2.05) is 43.3 Å². The van der Waals surface area contributed by atoms with Crippen molar-refractivity contribution in [1.29, 1.82) is 0 Å². The number of nitrogens with two attached hydrogens (primary N) is 1. The predicted molar refractivity (Wildman–Crippen MR) is 61.9 cm³/mol. The van der Waals surface area contributed by atoms with Gasteiger partial charge in [0.1, 0.15) is 0 Å². The van der Waals surface area contributed by atoms with Crippen molar-refractivity contribution in [1.82, 2.24) is 0 Å². The first-order chi connectivity index (χ1) is 6.63. The smallest absolute Gasteiger partial charge is 0.192 e. The molecule has 14 heavy (non-hydrogen) atoms. The Bertz CT molecular complexity index is 331. The average Bonchev–Trinajstić information content (AvgIpc) is 2.18. The van der Waals surface area contributed by atoms with E-state index >= 15 is 0 Å². The second-order valence-electron chi connectivity index (χ2n) is 3.18. The summed E-state index contributed by atoms with van der Waals surface area (Å²) in [5.74, 6) is 0.418. The highest BCUT2D eigenvalue weighted by atomic mass is 15.1. The molecular weight excluding hydrogens is 176 g/mol. The summed E-state index contributed by atoms with van der Waals surface area (Å²) in [7, 11) is 5.64. The Balaban J connectivity index is 2.84. The molecule has 0 aromatic heterocycles. The SMILES string of the molecule is CN=C(N)Nc1cccc(N(C)C)c1. The Hall–Kier alpha value is -1.71. The van der Waals surface area contributed by atoms with Crippen LogP contribution in [0.25, 0.3) is 0 Å². The zero-order valence-corrected chi connectivity index (χ0v) is 8.78. The second kappa shape index (κ2) is 4.50. The Kier molecular flexibility index (Phi) is 3.34. The van der Waals surface area contributed by atoms with Gasteiger partial charge in [0.05, 0.1) is 0 Å². The normalized spacial score (nSPS) is 11.2. The lowest BCUT2D eigenvalue weighted by Crippen LogP contribution is -2.22. The van der Waals surface area contributed by atoms with Gasteiger partial charge in [-0.05, 0) is 18.2 Å². The molecule has 0 bridgehead atoms. The van der Waals surface area contributed by atoms with Crippen molar-refractivity contribution >= 4 is 17.3 Å². The van der Waals surface area contributed by atoms with Crippen molar-refractivity contribution < 1.29 is 0 Å². The van der Waals surface area contributed by atoms with Gasteiger partial charge in [0.25, 0.3) is 0 Å². The third-order valence-corrected chi connectivity index (χ3v) is 1.88. The third-order valence-electron chi connectivity index (χ3n) is 1.88. The van der Waals surface area contributed by atoms with E-state index in [9.17, 15) is 0 Å². The molecule has 4 heteroatoms. The fraction of sp³-hybridized carbons (Fsp3) is 0.300. The minimum atomic E-state index is 0.418. The van der Waals surface area contributed by atoms with E-state index < -0.39 is 0 Å². The van der Waals surface area contributed by atoms with Crippen LogP contribution in [-0.2, 0) is 0 Å². The number of guanidine groups is 1. The molecule has 0 atom stereocenters. The van der Waals surface area contributed by atoms with E-state index in [1.54, 1.807) is 7.05 Å². The van der Waals surface area contributed by atoms with Crippen LogP contribution in [0, 0.1) is 0 Å². The number of rotatable bonds is 2. The molecule has 1 rings (SSSR count). The van der Waals surface area contributed by atoms with Gasteiger partial charge in [-0.15, -0.1) is 0 Å². The van der Waals surface area contributed by atoms with E-state index in [1.165, 1.54) is 0 Å². The Morgan fingerprint density at radius 1 is 1.43 bits per heavy atom. The summed E-state index contributed by atoms with van der Waals surface area (Å²) in [5, 5.41) is 2.99. The van der Waals surface area contributed by atoms with Crippen molar-refractivity contribution in [3.05, 3.63) is 24.3 Å². The van der Waals surface area contributed by atoms with Crippen LogP contribution in [0.15, 0.2) is 29.3 Å². The highest BCUT2D eigenvalue weighted by Gasteiger charge is 1.97. The van der Waals surface area contributed by atoms with Crippen LogP contribution in [-0.4, -0.2) is 27.1 Å². The molecule has 0 aliphatic heterocycles. The molecule has 1 aromatic rings. The number of hydrogen-bond donors (Lipinski definition) is 2. The lowest BCUT2D eigenvalue weighted by Gasteiger charge is -2.13. The molecule has 0 saturated carbocycles. The molecule has 0 spiro atoms. The fourth-order valence-corrected chi connectivity index (χ4v) is 1.07. The first-order valence-electron chi connectivity index (χ1n) is 4.40. The van der Waals surface area contributed by atoms with Gasteiger partial charge < -0.3 is 16.0 Å². The molecule has 0 heterocycles. The molecule has 3 N–H and O–H groups in total. The maximum atomic E-state index is 5.56. The summed E-state index contributed by atoms with van der Waals surface area (Å²) < 4.78 is 0. The van der Waals surface area contributed by atoms with Gasteiger partial charge in [0, 0.05) is 32.5 Å². The van der Waals surface area contributed by atoms with E-state index in [2.05, 4.69) is 10.3 Å². The Labute approximate surface area is 84.4 Å². The maximum Gasteiger partial charge on any atom is 0.192 e. The lowest BCUT2D eigenvalue weighted by atomic mass is 10.2. The highest BCUT2D eigenvalue weighted by molar-refractivity contribution is 5.92. The molecule has 1 aromatic carbocycles. The molecular formula is C10H16N4. The summed E-state index contributed by atoms with van der Waals surface area (Å²) in [5.41, 5.74) is 7.62. The fourth-order valence-electron chi connectivity index (χ4n) is 1.07. The Morgan fingerprint density at radius 3 is 2.71 bits per heavy atom. The van der Waals surface area contributed by atoms with Gasteiger partial charge in [0.2, 0.25) is 0 Å². The van der Waals surface area contributed by atoms with Crippen molar-refractivity contribution in [3.63, 3.8) is 0 Å². The number of anilines is 2. The maximum absolute atomic E-state index is 5.56. The second-order valence-corrected chi connectivity index (χ2v) is 3.18. The van der Waals surface area contributed by atoms with E-state index in [4.69, 9.17) is 5.73 Å². The molecule has 0 fully saturated rings. The van der Waals surface area contributed by atoms with Crippen LogP contribution >= 0.6 is 0 Å². The van der Waals surface area contributed by atoms with Gasteiger partial charge in [-0.1, -0.05) is 6.07 Å². The lowest BCUT2D eigenvalue weighted by molar-refractivity contribution is 1.13. The summed E-state index contributed by atoms with van der Waals surface area (Å²) in [6.45, 7) is 0. The van der Waals surface area contributed by atoms with Crippen molar-refractivity contribution in [2.24, 2.45) is 10.7 Å². The first kappa shape index (κ1) is 10.4. The van der Waals surface area contributed by atoms with Crippen LogP contribution in [0.2, 0.25) is 0 Å². The number of aliphatic imine (C=N–C) groups is 1. The molecule has 0 unspecified atom stereocenters. The van der Waals surface area contributed by atoms with Gasteiger partial charge in [-0.25, -0.2) is 0 Å². The summed E-state index contributed by atoms with van der Waals surface area (Å²) in [6, 6.07) is 7.97. The number of nitrogens with one attached hydrogen (secondary N) is 1. The van der Waals surface area contributed by atoms with Crippen molar-refractivity contribution in [2.45, 2.75) is 0 Å². The van der Waals surface area contributed by atoms with Crippen molar-refractivity contribution in [2.75, 3.05) is 31.4 Å². The number of benzene rings is 1. The number of nitrogens with zero attached hydrogens (tertiary/aromatic N) is 2. The quantitative estimate of drug-likeness (QED) is 0.545. The molecule has 76 valence electrons. The third kappa shape index (κ3) is 2.65. The molecule has 0 saturated heterocycles. The van der Waals surface area contributed by atoms with Crippen LogP contribution in [0.1, 0.15) is 0 Å². The highest BCUT2D eigenvalue weighted by Crippen LogP contribution is 2.16. The first-order valence-corrected chi connectivity index (χ1v) is 4.40. The van der Waals surface area contributed by atoms with Gasteiger partial charge >= 0.3 is 0 Å². The molecule has 4 nitrogen and oxygen atoms in total. The summed E-state index contributed by atoms with van der Waals surface area (Å²) in [6.07, 6.45) is 0. The molecule has 0 radical (unpaired) electrons. The largest absolute Gasteiger partial charge is 0.378 e. The topological polar surface area (TPSA) is 53.6 Å². The molecule has 0 amide bonds. The summed E-state index contributed by atoms with van der Waals surface area (Å²) >= 11 is 0. The van der Waals surface area contributed by atoms with Crippen LogP contribution < -0.4 is 16.0 Å².